The molecule has 0 saturated heterocycles. The first-order valence-electron chi connectivity index (χ1n) is 3.36. The van der Waals surface area contributed by atoms with Crippen molar-refractivity contribution in [3.63, 3.8) is 0 Å². The predicted molar refractivity (Wildman–Crippen MR) is 41.2 cm³/mol. The average molecular weight is 173 g/mol. The summed E-state index contributed by atoms with van der Waals surface area (Å²) in [6.07, 6.45) is 0.783. The molecule has 0 radical (unpaired) electrons. The lowest BCUT2D eigenvalue weighted by atomic mass is 10.1. The Morgan fingerprint density at radius 1 is 1.67 bits per heavy atom. The van der Waals surface area contributed by atoms with Crippen LogP contribution in [-0.4, -0.2) is 27.8 Å². The third kappa shape index (κ3) is 2.35. The standard InChI is InChI=1S/C7H11NO4/c1-3-5(9)8-7(12,4-2)6(10)11/h3,12H,1,4H2,2H3,(H,8,9)(H,10,11). The van der Waals surface area contributed by atoms with Gasteiger partial charge in [-0.25, -0.2) is 4.79 Å². The Kier molecular flexibility index (Phi) is 3.43. The summed E-state index contributed by atoms with van der Waals surface area (Å²) in [5.41, 5.74) is -2.19. The number of hydrogen-bond acceptors (Lipinski definition) is 3. The van der Waals surface area contributed by atoms with E-state index >= 15 is 0 Å². The number of hydrogen-bond donors (Lipinski definition) is 3. The third-order valence-electron chi connectivity index (χ3n) is 1.38. The highest BCUT2D eigenvalue weighted by Gasteiger charge is 2.34. The fourth-order valence-corrected chi connectivity index (χ4v) is 0.548. The van der Waals surface area contributed by atoms with Crippen molar-refractivity contribution >= 4 is 11.9 Å². The van der Waals surface area contributed by atoms with E-state index in [1.165, 1.54) is 6.92 Å². The molecule has 0 spiro atoms. The second kappa shape index (κ2) is 3.87. The molecule has 3 N–H and O–H groups in total. The summed E-state index contributed by atoms with van der Waals surface area (Å²) in [7, 11) is 0. The van der Waals surface area contributed by atoms with Gasteiger partial charge in [0.15, 0.2) is 0 Å². The van der Waals surface area contributed by atoms with Crippen LogP contribution in [0.25, 0.3) is 0 Å². The summed E-state index contributed by atoms with van der Waals surface area (Å²) in [5.74, 6) is -2.21. The number of aliphatic hydroxyl groups is 1. The Labute approximate surface area is 69.7 Å². The monoisotopic (exact) mass is 173 g/mol. The molecule has 0 aromatic rings. The van der Waals surface area contributed by atoms with Gasteiger partial charge in [-0.15, -0.1) is 0 Å². The summed E-state index contributed by atoms with van der Waals surface area (Å²) in [4.78, 5) is 21.0. The van der Waals surface area contributed by atoms with E-state index in [-0.39, 0.29) is 6.42 Å². The van der Waals surface area contributed by atoms with E-state index in [4.69, 9.17) is 5.11 Å². The number of carboxylic acids is 1. The number of carbonyl (C=O) groups is 2. The molecular formula is C7H11NO4. The lowest BCUT2D eigenvalue weighted by Gasteiger charge is -2.21. The van der Waals surface area contributed by atoms with Gasteiger partial charge in [0.1, 0.15) is 0 Å². The van der Waals surface area contributed by atoms with E-state index in [9.17, 15) is 14.7 Å². The van der Waals surface area contributed by atoms with Gasteiger partial charge in [0, 0.05) is 6.42 Å². The maximum atomic E-state index is 10.6. The fourth-order valence-electron chi connectivity index (χ4n) is 0.548. The summed E-state index contributed by atoms with van der Waals surface area (Å²) in [6.45, 7) is 4.56. The first kappa shape index (κ1) is 10.6. The van der Waals surface area contributed by atoms with Crippen molar-refractivity contribution < 1.29 is 19.8 Å². The SMILES string of the molecule is C=CC(=O)NC(O)(CC)C(=O)O. The smallest absolute Gasteiger partial charge is 0.357 e. The normalized spacial score (nSPS) is 14.5. The molecular weight excluding hydrogens is 162 g/mol. The number of nitrogens with one attached hydrogen (secondary N) is 1. The molecule has 0 aliphatic carbocycles. The minimum absolute atomic E-state index is 0.109. The summed E-state index contributed by atoms with van der Waals surface area (Å²) in [6, 6.07) is 0. The molecule has 1 unspecified atom stereocenters. The Bertz CT molecular complexity index is 213. The summed E-state index contributed by atoms with van der Waals surface area (Å²) >= 11 is 0. The maximum absolute atomic E-state index is 10.6. The molecule has 0 aliphatic heterocycles. The maximum Gasteiger partial charge on any atom is 0.357 e. The summed E-state index contributed by atoms with van der Waals surface area (Å²) < 4.78 is 0. The third-order valence-corrected chi connectivity index (χ3v) is 1.38. The zero-order valence-corrected chi connectivity index (χ0v) is 6.70. The molecule has 5 nitrogen and oxygen atoms in total. The van der Waals surface area contributed by atoms with Crippen molar-refractivity contribution in [2.75, 3.05) is 0 Å². The molecule has 0 fully saturated rings. The van der Waals surface area contributed by atoms with Gasteiger partial charge in [0.05, 0.1) is 0 Å². The van der Waals surface area contributed by atoms with Gasteiger partial charge >= 0.3 is 5.97 Å². The molecule has 68 valence electrons. The fraction of sp³-hybridized carbons (Fsp3) is 0.429. The summed E-state index contributed by atoms with van der Waals surface area (Å²) in [5, 5.41) is 19.6. The predicted octanol–water partition coefficient (Wildman–Crippen LogP) is -0.528. The van der Waals surface area contributed by atoms with Gasteiger partial charge in [-0.1, -0.05) is 13.5 Å². The minimum Gasteiger partial charge on any atom is -0.478 e. The van der Waals surface area contributed by atoms with Gasteiger partial charge < -0.3 is 15.5 Å². The van der Waals surface area contributed by atoms with Crippen LogP contribution in [0.3, 0.4) is 0 Å². The molecule has 0 aliphatic rings. The molecule has 0 aromatic carbocycles. The Balaban J connectivity index is 4.44. The van der Waals surface area contributed by atoms with Crippen LogP contribution < -0.4 is 5.32 Å². The Morgan fingerprint density at radius 3 is 2.42 bits per heavy atom. The quantitative estimate of drug-likeness (QED) is 0.394. The molecule has 0 aromatic heterocycles. The van der Waals surface area contributed by atoms with Gasteiger partial charge in [-0.05, 0) is 6.08 Å². The second-order valence-corrected chi connectivity index (χ2v) is 2.21. The van der Waals surface area contributed by atoms with Gasteiger partial charge in [-0.2, -0.15) is 0 Å². The lowest BCUT2D eigenvalue weighted by molar-refractivity contribution is -0.165. The highest BCUT2D eigenvalue weighted by molar-refractivity contribution is 5.91. The second-order valence-electron chi connectivity index (χ2n) is 2.21. The van der Waals surface area contributed by atoms with Crippen LogP contribution >= 0.6 is 0 Å². The van der Waals surface area contributed by atoms with E-state index in [0.717, 1.165) is 6.08 Å². The largest absolute Gasteiger partial charge is 0.478 e. The van der Waals surface area contributed by atoms with Gasteiger partial charge in [0.2, 0.25) is 11.6 Å². The Morgan fingerprint density at radius 2 is 2.17 bits per heavy atom. The van der Waals surface area contributed by atoms with Crippen LogP contribution in [0.2, 0.25) is 0 Å². The van der Waals surface area contributed by atoms with E-state index < -0.39 is 17.6 Å². The van der Waals surface area contributed by atoms with Crippen molar-refractivity contribution in [3.8, 4) is 0 Å². The van der Waals surface area contributed by atoms with Crippen molar-refractivity contribution in [1.82, 2.24) is 5.32 Å². The zero-order valence-electron chi connectivity index (χ0n) is 6.70. The molecule has 12 heavy (non-hydrogen) atoms. The average Bonchev–Trinajstić information content (AvgIpc) is 2.03. The Hall–Kier alpha value is -1.36. The molecule has 0 bridgehead atoms. The lowest BCUT2D eigenvalue weighted by Crippen LogP contribution is -2.53. The van der Waals surface area contributed by atoms with Crippen molar-refractivity contribution in [2.24, 2.45) is 0 Å². The van der Waals surface area contributed by atoms with E-state index in [1.54, 1.807) is 0 Å². The topological polar surface area (TPSA) is 86.6 Å². The first-order valence-corrected chi connectivity index (χ1v) is 3.36. The molecule has 5 heteroatoms. The number of carbonyl (C=O) groups excluding carboxylic acids is 1. The van der Waals surface area contributed by atoms with Crippen LogP contribution in [0.5, 0.6) is 0 Å². The number of carboxylic acid groups (broad SMARTS) is 1. The van der Waals surface area contributed by atoms with Gasteiger partial charge in [-0.3, -0.25) is 4.79 Å². The van der Waals surface area contributed by atoms with E-state index in [1.807, 2.05) is 5.32 Å². The van der Waals surface area contributed by atoms with Crippen molar-refractivity contribution in [1.29, 1.82) is 0 Å². The van der Waals surface area contributed by atoms with Crippen LogP contribution in [0.1, 0.15) is 13.3 Å². The van der Waals surface area contributed by atoms with Crippen LogP contribution in [0.4, 0.5) is 0 Å². The van der Waals surface area contributed by atoms with Crippen molar-refractivity contribution in [2.45, 2.75) is 19.1 Å². The number of aliphatic carboxylic acids is 1. The van der Waals surface area contributed by atoms with E-state index in [0.29, 0.717) is 0 Å². The first-order chi connectivity index (χ1) is 5.46. The van der Waals surface area contributed by atoms with Crippen LogP contribution in [0.15, 0.2) is 12.7 Å². The van der Waals surface area contributed by atoms with E-state index in [2.05, 4.69) is 6.58 Å². The highest BCUT2D eigenvalue weighted by atomic mass is 16.4. The molecule has 1 amide bonds. The molecule has 0 saturated carbocycles. The molecule has 1 atom stereocenters. The highest BCUT2D eigenvalue weighted by Crippen LogP contribution is 2.05. The van der Waals surface area contributed by atoms with Gasteiger partial charge in [0.25, 0.3) is 0 Å². The molecule has 0 rings (SSSR count). The van der Waals surface area contributed by atoms with Crippen LogP contribution in [-0.2, 0) is 9.59 Å². The molecule has 0 heterocycles. The number of amides is 1. The minimum atomic E-state index is -2.19. The number of rotatable bonds is 4. The zero-order chi connectivity index (χ0) is 9.78. The van der Waals surface area contributed by atoms with Crippen LogP contribution in [0, 0.1) is 0 Å². The van der Waals surface area contributed by atoms with Crippen molar-refractivity contribution in [3.05, 3.63) is 12.7 Å².